The maximum Gasteiger partial charge on any atom is 0.221 e. The predicted octanol–water partition coefficient (Wildman–Crippen LogP) is 3.35. The Kier molecular flexibility index (Phi) is 5.84. The van der Waals surface area contributed by atoms with Crippen LogP contribution >= 0.6 is 0 Å². The van der Waals surface area contributed by atoms with Gasteiger partial charge in [-0.25, -0.2) is 0 Å². The third-order valence-electron chi connectivity index (χ3n) is 4.76. The summed E-state index contributed by atoms with van der Waals surface area (Å²) in [4.78, 5) is 13.8. The van der Waals surface area contributed by atoms with Crippen LogP contribution in [0.4, 0.5) is 5.69 Å². The molecule has 1 saturated heterocycles. The Labute approximate surface area is 150 Å². The fourth-order valence-electron chi connectivity index (χ4n) is 3.42. The number of anilines is 1. The minimum absolute atomic E-state index is 0.0341. The monoisotopic (exact) mass is 337 g/mol. The van der Waals surface area contributed by atoms with E-state index < -0.39 is 0 Å². The summed E-state index contributed by atoms with van der Waals surface area (Å²) < 4.78 is 0. The molecule has 0 bridgehead atoms. The zero-order valence-corrected chi connectivity index (χ0v) is 15.1. The molecule has 0 saturated carbocycles. The number of benzene rings is 2. The molecule has 132 valence electrons. The molecule has 0 aromatic heterocycles. The Hall–Kier alpha value is -2.17. The third-order valence-corrected chi connectivity index (χ3v) is 4.76. The molecule has 1 atom stereocenters. The second-order valence-electron chi connectivity index (χ2n) is 6.67. The topological polar surface area (TPSA) is 44.4 Å². The molecule has 1 fully saturated rings. The summed E-state index contributed by atoms with van der Waals surface area (Å²) in [5.41, 5.74) is 4.83. The molecule has 0 spiro atoms. The molecule has 3 rings (SSSR count). The minimum atomic E-state index is -0.0341. The summed E-state index contributed by atoms with van der Waals surface area (Å²) in [6.45, 7) is 7.61. The van der Waals surface area contributed by atoms with Gasteiger partial charge >= 0.3 is 0 Å². The van der Waals surface area contributed by atoms with Gasteiger partial charge in [-0.05, 0) is 35.2 Å². The van der Waals surface area contributed by atoms with E-state index in [0.717, 1.165) is 38.3 Å². The van der Waals surface area contributed by atoms with Crippen molar-refractivity contribution in [2.75, 3.05) is 25.0 Å². The maximum absolute atomic E-state index is 11.3. The molecule has 4 nitrogen and oxygen atoms in total. The fraction of sp³-hybridized carbons (Fsp3) is 0.381. The van der Waals surface area contributed by atoms with Gasteiger partial charge in [-0.2, -0.15) is 0 Å². The first-order chi connectivity index (χ1) is 12.2. The molecule has 2 aromatic carbocycles. The second-order valence-corrected chi connectivity index (χ2v) is 6.67. The highest BCUT2D eigenvalue weighted by atomic mass is 16.1. The van der Waals surface area contributed by atoms with Gasteiger partial charge in [0.25, 0.3) is 0 Å². The standard InChI is InChI=1S/C21H27N3O/c1-3-17-7-9-19(10-8-17)21-14-22-11-12-24(21)15-18-5-4-6-20(13-18)23-16(2)25/h4-10,13,21-22H,3,11-12,14-15H2,1-2H3,(H,23,25). The molecule has 4 heteroatoms. The summed E-state index contributed by atoms with van der Waals surface area (Å²) in [5, 5.41) is 6.38. The van der Waals surface area contributed by atoms with Crippen LogP contribution in [0, 0.1) is 0 Å². The molecule has 1 unspecified atom stereocenters. The minimum Gasteiger partial charge on any atom is -0.326 e. The zero-order valence-electron chi connectivity index (χ0n) is 15.1. The van der Waals surface area contributed by atoms with Gasteiger partial charge in [0.1, 0.15) is 0 Å². The van der Waals surface area contributed by atoms with Gasteiger partial charge in [-0.3, -0.25) is 9.69 Å². The maximum atomic E-state index is 11.3. The molecular weight excluding hydrogens is 310 g/mol. The van der Waals surface area contributed by atoms with Crippen LogP contribution in [0.3, 0.4) is 0 Å². The predicted molar refractivity (Wildman–Crippen MR) is 103 cm³/mol. The molecule has 1 aliphatic heterocycles. The van der Waals surface area contributed by atoms with Crippen molar-refractivity contribution < 1.29 is 4.79 Å². The lowest BCUT2D eigenvalue weighted by atomic mass is 10.00. The zero-order chi connectivity index (χ0) is 17.6. The number of aryl methyl sites for hydroxylation is 1. The van der Waals surface area contributed by atoms with Crippen molar-refractivity contribution in [3.05, 3.63) is 65.2 Å². The van der Waals surface area contributed by atoms with Crippen molar-refractivity contribution in [1.82, 2.24) is 10.2 Å². The van der Waals surface area contributed by atoms with Gasteiger partial charge in [-0.15, -0.1) is 0 Å². The summed E-state index contributed by atoms with van der Waals surface area (Å²) in [6, 6.07) is 17.5. The van der Waals surface area contributed by atoms with E-state index in [1.54, 1.807) is 6.92 Å². The summed E-state index contributed by atoms with van der Waals surface area (Å²) in [6.07, 6.45) is 1.07. The largest absolute Gasteiger partial charge is 0.326 e. The lowest BCUT2D eigenvalue weighted by Gasteiger charge is -2.36. The van der Waals surface area contributed by atoms with E-state index in [1.807, 2.05) is 12.1 Å². The molecule has 1 amide bonds. The average Bonchev–Trinajstić information content (AvgIpc) is 2.62. The summed E-state index contributed by atoms with van der Waals surface area (Å²) >= 11 is 0. The number of carbonyl (C=O) groups excluding carboxylic acids is 1. The first kappa shape index (κ1) is 17.6. The Balaban J connectivity index is 1.75. The van der Waals surface area contributed by atoms with Crippen LogP contribution in [-0.2, 0) is 17.8 Å². The Morgan fingerprint density at radius 3 is 2.72 bits per heavy atom. The fourth-order valence-corrected chi connectivity index (χ4v) is 3.42. The number of hydrogen-bond acceptors (Lipinski definition) is 3. The van der Waals surface area contributed by atoms with Crippen LogP contribution in [0.5, 0.6) is 0 Å². The van der Waals surface area contributed by atoms with E-state index in [2.05, 4.69) is 58.9 Å². The highest BCUT2D eigenvalue weighted by Crippen LogP contribution is 2.25. The summed E-state index contributed by atoms with van der Waals surface area (Å²) in [7, 11) is 0. The van der Waals surface area contributed by atoms with Crippen molar-refractivity contribution in [1.29, 1.82) is 0 Å². The van der Waals surface area contributed by atoms with Gasteiger partial charge in [0.05, 0.1) is 0 Å². The van der Waals surface area contributed by atoms with Crippen LogP contribution in [0.1, 0.15) is 36.6 Å². The van der Waals surface area contributed by atoms with E-state index in [0.29, 0.717) is 6.04 Å². The number of hydrogen-bond donors (Lipinski definition) is 2. The normalized spacial score (nSPS) is 18.1. The molecule has 2 aromatic rings. The Bertz CT molecular complexity index is 711. The average molecular weight is 337 g/mol. The van der Waals surface area contributed by atoms with Gasteiger partial charge in [0.15, 0.2) is 0 Å². The first-order valence-corrected chi connectivity index (χ1v) is 9.06. The first-order valence-electron chi connectivity index (χ1n) is 9.06. The number of piperazine rings is 1. The highest BCUT2D eigenvalue weighted by Gasteiger charge is 2.23. The molecule has 1 aliphatic rings. The van der Waals surface area contributed by atoms with E-state index in [-0.39, 0.29) is 5.91 Å². The molecule has 2 N–H and O–H groups in total. The quantitative estimate of drug-likeness (QED) is 0.879. The second kappa shape index (κ2) is 8.28. The lowest BCUT2D eigenvalue weighted by molar-refractivity contribution is -0.114. The van der Waals surface area contributed by atoms with Gasteiger partial charge < -0.3 is 10.6 Å². The van der Waals surface area contributed by atoms with E-state index >= 15 is 0 Å². The van der Waals surface area contributed by atoms with Crippen LogP contribution in [-0.4, -0.2) is 30.4 Å². The Morgan fingerprint density at radius 2 is 2.00 bits per heavy atom. The van der Waals surface area contributed by atoms with Gasteiger partial charge in [0.2, 0.25) is 5.91 Å². The number of amides is 1. The highest BCUT2D eigenvalue weighted by molar-refractivity contribution is 5.88. The van der Waals surface area contributed by atoms with Crippen LogP contribution < -0.4 is 10.6 Å². The van der Waals surface area contributed by atoms with Crippen molar-refractivity contribution in [2.45, 2.75) is 32.9 Å². The molecule has 25 heavy (non-hydrogen) atoms. The van der Waals surface area contributed by atoms with Crippen molar-refractivity contribution in [2.24, 2.45) is 0 Å². The number of nitrogens with one attached hydrogen (secondary N) is 2. The van der Waals surface area contributed by atoms with Gasteiger partial charge in [-0.1, -0.05) is 43.3 Å². The number of carbonyl (C=O) groups is 1. The smallest absolute Gasteiger partial charge is 0.221 e. The van der Waals surface area contributed by atoms with Crippen LogP contribution in [0.2, 0.25) is 0 Å². The molecule has 1 heterocycles. The number of nitrogens with zero attached hydrogens (tertiary/aromatic N) is 1. The summed E-state index contributed by atoms with van der Waals surface area (Å²) in [5.74, 6) is -0.0341. The Morgan fingerprint density at radius 1 is 1.20 bits per heavy atom. The third kappa shape index (κ3) is 4.68. The van der Waals surface area contributed by atoms with Crippen molar-refractivity contribution >= 4 is 11.6 Å². The van der Waals surface area contributed by atoms with E-state index in [9.17, 15) is 4.79 Å². The van der Waals surface area contributed by atoms with E-state index in [4.69, 9.17) is 0 Å². The molecule has 0 aliphatic carbocycles. The van der Waals surface area contributed by atoms with Gasteiger partial charge in [0, 0.05) is 44.8 Å². The molecular formula is C21H27N3O. The van der Waals surface area contributed by atoms with E-state index in [1.165, 1.54) is 16.7 Å². The molecule has 0 radical (unpaired) electrons. The van der Waals surface area contributed by atoms with Crippen LogP contribution in [0.25, 0.3) is 0 Å². The SMILES string of the molecule is CCc1ccc(C2CNCCN2Cc2cccc(NC(C)=O)c2)cc1. The van der Waals surface area contributed by atoms with Crippen molar-refractivity contribution in [3.63, 3.8) is 0 Å². The van der Waals surface area contributed by atoms with Crippen molar-refractivity contribution in [3.8, 4) is 0 Å². The number of rotatable bonds is 5. The lowest BCUT2D eigenvalue weighted by Crippen LogP contribution is -2.45. The van der Waals surface area contributed by atoms with Crippen LogP contribution in [0.15, 0.2) is 48.5 Å².